The number of hydrogen-bond acceptors (Lipinski definition) is 2. The van der Waals surface area contributed by atoms with E-state index in [-0.39, 0.29) is 16.5 Å². The van der Waals surface area contributed by atoms with E-state index in [4.69, 9.17) is 4.74 Å². The van der Waals surface area contributed by atoms with Crippen LogP contribution in [0.15, 0.2) is 24.3 Å². The number of fused-ring (bicyclic) bond motifs is 2. The van der Waals surface area contributed by atoms with Gasteiger partial charge in [-0.25, -0.2) is 4.79 Å². The quantitative estimate of drug-likeness (QED) is 0.519. The normalized spacial score (nSPS) is 23.4. The van der Waals surface area contributed by atoms with Gasteiger partial charge in [-0.15, -0.1) is 0 Å². The Bertz CT molecular complexity index is 546. The zero-order valence-corrected chi connectivity index (χ0v) is 13.7. The van der Waals surface area contributed by atoms with Crippen LogP contribution in [0, 0.1) is 0 Å². The van der Waals surface area contributed by atoms with Gasteiger partial charge in [-0.2, -0.15) is 0 Å². The van der Waals surface area contributed by atoms with Crippen molar-refractivity contribution in [3.8, 4) is 0 Å². The highest BCUT2D eigenvalue weighted by molar-refractivity contribution is 9.09. The maximum Gasteiger partial charge on any atom is 0.411 e. The Morgan fingerprint density at radius 3 is 2.60 bits per heavy atom. The van der Waals surface area contributed by atoms with Crippen molar-refractivity contribution in [2.24, 2.45) is 0 Å². The molecular weight excluding hydrogens is 318 g/mol. The monoisotopic (exact) mass is 337 g/mol. The third-order valence-corrected chi connectivity index (χ3v) is 5.00. The highest BCUT2D eigenvalue weighted by Crippen LogP contribution is 2.55. The first-order chi connectivity index (χ1) is 9.32. The molecule has 1 aromatic carbocycles. The molecule has 1 atom stereocenters. The van der Waals surface area contributed by atoms with Crippen molar-refractivity contribution >= 4 is 22.0 Å². The van der Waals surface area contributed by atoms with E-state index in [0.717, 1.165) is 19.4 Å². The van der Waals surface area contributed by atoms with Gasteiger partial charge >= 0.3 is 6.09 Å². The van der Waals surface area contributed by atoms with Crippen LogP contribution >= 0.6 is 15.9 Å². The van der Waals surface area contributed by atoms with Crippen LogP contribution in [0.3, 0.4) is 0 Å². The lowest BCUT2D eigenvalue weighted by Gasteiger charge is -2.39. The van der Waals surface area contributed by atoms with Gasteiger partial charge in [-0.05, 0) is 44.7 Å². The number of rotatable bonds is 0. The molecule has 2 aliphatic rings. The summed E-state index contributed by atoms with van der Waals surface area (Å²) in [7, 11) is 0. The van der Waals surface area contributed by atoms with E-state index in [1.807, 2.05) is 31.7 Å². The van der Waals surface area contributed by atoms with Crippen molar-refractivity contribution in [3.05, 3.63) is 35.4 Å². The first-order valence-corrected chi connectivity index (χ1v) is 7.97. The van der Waals surface area contributed by atoms with Gasteiger partial charge in [0.15, 0.2) is 0 Å². The Morgan fingerprint density at radius 2 is 2.00 bits per heavy atom. The van der Waals surface area contributed by atoms with Crippen LogP contribution in [0.5, 0.6) is 0 Å². The number of ether oxygens (including phenoxy) is 1. The van der Waals surface area contributed by atoms with Crippen molar-refractivity contribution in [3.63, 3.8) is 0 Å². The molecule has 0 bridgehead atoms. The van der Waals surface area contributed by atoms with Crippen LogP contribution in [0.4, 0.5) is 4.79 Å². The summed E-state index contributed by atoms with van der Waals surface area (Å²) in [4.78, 5) is 14.1. The maximum atomic E-state index is 12.4. The summed E-state index contributed by atoms with van der Waals surface area (Å²) in [5.41, 5.74) is 2.29. The molecule has 1 amide bonds. The summed E-state index contributed by atoms with van der Waals surface area (Å²) in [5.74, 6) is 0. The van der Waals surface area contributed by atoms with Crippen LogP contribution in [0.2, 0.25) is 0 Å². The van der Waals surface area contributed by atoms with Crippen LogP contribution in [-0.2, 0) is 10.2 Å². The Labute approximate surface area is 128 Å². The maximum absolute atomic E-state index is 12.4. The molecule has 3 nitrogen and oxygen atoms in total. The molecule has 1 heterocycles. The number of benzene rings is 1. The molecule has 0 saturated heterocycles. The molecule has 0 aromatic heterocycles. The Morgan fingerprint density at radius 1 is 1.35 bits per heavy atom. The number of alkyl halides is 1. The lowest BCUT2D eigenvalue weighted by Crippen LogP contribution is -2.45. The highest BCUT2D eigenvalue weighted by atomic mass is 79.9. The molecule has 20 heavy (non-hydrogen) atoms. The molecule has 4 heteroatoms. The standard InChI is InChI=1S/C16H20BrNO2/c1-15(2,3)20-14(19)18-10-16(8-9-16)12-7-5-4-6-11(12)13(18)17/h4-7,13H,8-10H2,1-3H3. The van der Waals surface area contributed by atoms with Crippen LogP contribution in [-0.4, -0.2) is 23.1 Å². The SMILES string of the molecule is CC(C)(C)OC(=O)N1CC2(CC2)c2ccccc2C1Br. The van der Waals surface area contributed by atoms with Gasteiger partial charge in [0.25, 0.3) is 0 Å². The van der Waals surface area contributed by atoms with Gasteiger partial charge in [-0.3, -0.25) is 4.90 Å². The predicted octanol–water partition coefficient (Wildman–Crippen LogP) is 4.36. The average Bonchev–Trinajstić information content (AvgIpc) is 3.13. The summed E-state index contributed by atoms with van der Waals surface area (Å²) in [6.45, 7) is 6.45. The number of carbonyl (C=O) groups excluding carboxylic acids is 1. The van der Waals surface area contributed by atoms with E-state index in [1.54, 1.807) is 0 Å². The molecule has 1 aliphatic heterocycles. The molecule has 3 rings (SSSR count). The first kappa shape index (κ1) is 13.9. The van der Waals surface area contributed by atoms with Crippen molar-refractivity contribution in [1.29, 1.82) is 0 Å². The Balaban J connectivity index is 1.91. The molecule has 1 saturated carbocycles. The number of hydrogen-bond donors (Lipinski definition) is 0. The summed E-state index contributed by atoms with van der Waals surface area (Å²) >= 11 is 3.67. The number of carbonyl (C=O) groups is 1. The van der Waals surface area contributed by atoms with Gasteiger partial charge in [0.2, 0.25) is 0 Å². The highest BCUT2D eigenvalue weighted by Gasteiger charge is 2.52. The third kappa shape index (κ3) is 2.34. The molecule has 1 aliphatic carbocycles. The molecule has 1 spiro atoms. The largest absolute Gasteiger partial charge is 0.444 e. The van der Waals surface area contributed by atoms with Gasteiger partial charge in [0.05, 0.1) is 0 Å². The summed E-state index contributed by atoms with van der Waals surface area (Å²) in [6.07, 6.45) is 2.08. The second kappa shape index (κ2) is 4.48. The van der Waals surface area contributed by atoms with Crippen molar-refractivity contribution < 1.29 is 9.53 Å². The average molecular weight is 338 g/mol. The molecule has 1 aromatic rings. The lowest BCUT2D eigenvalue weighted by atomic mass is 9.87. The molecule has 1 fully saturated rings. The molecular formula is C16H20BrNO2. The smallest absolute Gasteiger partial charge is 0.411 e. The second-order valence-corrected chi connectivity index (χ2v) is 7.68. The fraction of sp³-hybridized carbons (Fsp3) is 0.562. The van der Waals surface area contributed by atoms with Crippen molar-refractivity contribution in [2.45, 2.75) is 49.6 Å². The third-order valence-electron chi connectivity index (χ3n) is 4.02. The fourth-order valence-corrected chi connectivity index (χ4v) is 3.61. The zero-order chi connectivity index (χ0) is 14.5. The Kier molecular flexibility index (Phi) is 3.12. The summed E-state index contributed by atoms with van der Waals surface area (Å²) in [5, 5.41) is 0. The van der Waals surface area contributed by atoms with Crippen molar-refractivity contribution in [1.82, 2.24) is 4.90 Å². The van der Waals surface area contributed by atoms with E-state index in [1.165, 1.54) is 11.1 Å². The van der Waals surface area contributed by atoms with E-state index >= 15 is 0 Å². The van der Waals surface area contributed by atoms with E-state index in [0.29, 0.717) is 0 Å². The predicted molar refractivity (Wildman–Crippen MR) is 82.0 cm³/mol. The summed E-state index contributed by atoms with van der Waals surface area (Å²) < 4.78 is 5.54. The minimum atomic E-state index is -0.461. The zero-order valence-electron chi connectivity index (χ0n) is 12.1. The molecule has 1 unspecified atom stereocenters. The lowest BCUT2D eigenvalue weighted by molar-refractivity contribution is 0.0194. The fourth-order valence-electron chi connectivity index (χ4n) is 2.90. The minimum Gasteiger partial charge on any atom is -0.444 e. The number of nitrogens with zero attached hydrogens (tertiary/aromatic N) is 1. The minimum absolute atomic E-state index is 0.0974. The van der Waals surface area contributed by atoms with E-state index < -0.39 is 5.60 Å². The molecule has 0 N–H and O–H groups in total. The van der Waals surface area contributed by atoms with Crippen LogP contribution in [0.1, 0.15) is 49.7 Å². The van der Waals surface area contributed by atoms with E-state index in [2.05, 4.69) is 34.1 Å². The second-order valence-electron chi connectivity index (χ2n) is 6.81. The van der Waals surface area contributed by atoms with Crippen molar-refractivity contribution in [2.75, 3.05) is 6.54 Å². The van der Waals surface area contributed by atoms with Gasteiger partial charge in [0.1, 0.15) is 10.6 Å². The first-order valence-electron chi connectivity index (χ1n) is 7.06. The van der Waals surface area contributed by atoms with E-state index in [9.17, 15) is 4.79 Å². The number of amides is 1. The Hall–Kier alpha value is -1.03. The summed E-state index contributed by atoms with van der Waals surface area (Å²) in [6, 6.07) is 8.41. The van der Waals surface area contributed by atoms with Gasteiger partial charge in [0, 0.05) is 12.0 Å². The number of halogens is 1. The van der Waals surface area contributed by atoms with Gasteiger partial charge < -0.3 is 4.74 Å². The van der Waals surface area contributed by atoms with Gasteiger partial charge in [-0.1, -0.05) is 40.2 Å². The molecule has 108 valence electrons. The van der Waals surface area contributed by atoms with Crippen LogP contribution < -0.4 is 0 Å². The van der Waals surface area contributed by atoms with Crippen LogP contribution in [0.25, 0.3) is 0 Å². The molecule has 0 radical (unpaired) electrons. The topological polar surface area (TPSA) is 29.5 Å².